The maximum Gasteiger partial charge on any atom is 0.322 e. The maximum absolute atomic E-state index is 13.5. The summed E-state index contributed by atoms with van der Waals surface area (Å²) < 4.78 is 13.5. The summed E-state index contributed by atoms with van der Waals surface area (Å²) in [4.78, 5) is 15.8. The molecule has 2 rings (SSSR count). The quantitative estimate of drug-likeness (QED) is 0.929. The molecular weight excluding hydrogens is 271 g/mol. The fraction of sp³-hybridized carbons (Fsp3) is 0.467. The van der Waals surface area contributed by atoms with Gasteiger partial charge in [0.15, 0.2) is 0 Å². The minimum Gasteiger partial charge on any atom is -0.322 e. The highest BCUT2D eigenvalue weighted by Crippen LogP contribution is 2.14. The van der Waals surface area contributed by atoms with Gasteiger partial charge >= 0.3 is 6.03 Å². The zero-order chi connectivity index (χ0) is 15.2. The fourth-order valence-corrected chi connectivity index (χ4v) is 2.42. The first-order chi connectivity index (χ1) is 10.2. The number of hydrogen-bond donors (Lipinski definition) is 1. The molecule has 0 radical (unpaired) electrons. The number of anilines is 1. The third-order valence-corrected chi connectivity index (χ3v) is 3.69. The zero-order valence-electron chi connectivity index (χ0n) is 12.1. The molecule has 0 aromatic heterocycles. The highest BCUT2D eigenvalue weighted by atomic mass is 19.1. The number of nitriles is 1. The Hall–Kier alpha value is -2.13. The summed E-state index contributed by atoms with van der Waals surface area (Å²) in [5.41, 5.74) is 0.188. The molecule has 1 aliphatic heterocycles. The molecular formula is C15H19FN4O. The molecule has 1 heterocycles. The van der Waals surface area contributed by atoms with E-state index in [-0.39, 0.29) is 17.8 Å². The van der Waals surface area contributed by atoms with Crippen LogP contribution in [-0.4, -0.2) is 48.1 Å². The number of nitrogens with one attached hydrogen (secondary N) is 1. The molecule has 1 aliphatic rings. The Morgan fingerprint density at radius 3 is 2.62 bits per heavy atom. The lowest BCUT2D eigenvalue weighted by atomic mass is 10.2. The van der Waals surface area contributed by atoms with E-state index in [1.54, 1.807) is 17.0 Å². The number of rotatable bonds is 3. The van der Waals surface area contributed by atoms with Gasteiger partial charge in [-0.25, -0.2) is 9.18 Å². The minimum atomic E-state index is -0.444. The van der Waals surface area contributed by atoms with E-state index in [1.165, 1.54) is 12.1 Å². The Kier molecular flexibility index (Phi) is 5.12. The lowest BCUT2D eigenvalue weighted by Crippen LogP contribution is -2.52. The molecule has 21 heavy (non-hydrogen) atoms. The van der Waals surface area contributed by atoms with E-state index in [9.17, 15) is 9.18 Å². The Morgan fingerprint density at radius 2 is 2.05 bits per heavy atom. The number of carbonyl (C=O) groups excluding carboxylic acids is 1. The third kappa shape index (κ3) is 3.70. The second-order valence-corrected chi connectivity index (χ2v) is 4.99. The van der Waals surface area contributed by atoms with Crippen molar-refractivity contribution in [2.24, 2.45) is 0 Å². The van der Waals surface area contributed by atoms with Crippen LogP contribution in [-0.2, 0) is 0 Å². The zero-order valence-corrected chi connectivity index (χ0v) is 12.1. The number of piperazine rings is 1. The smallest absolute Gasteiger partial charge is 0.322 e. The van der Waals surface area contributed by atoms with Gasteiger partial charge in [0.25, 0.3) is 0 Å². The molecule has 1 aromatic carbocycles. The van der Waals surface area contributed by atoms with Crippen LogP contribution >= 0.6 is 0 Å². The van der Waals surface area contributed by atoms with Gasteiger partial charge in [-0.1, -0.05) is 19.1 Å². The van der Waals surface area contributed by atoms with E-state index in [0.717, 1.165) is 6.42 Å². The second kappa shape index (κ2) is 7.04. The SMILES string of the molecule is CCC(C#N)N1CCN(C(=O)Nc2ccccc2F)CC1. The molecule has 1 N–H and O–H groups in total. The first kappa shape index (κ1) is 15.3. The lowest BCUT2D eigenvalue weighted by molar-refractivity contribution is 0.129. The van der Waals surface area contributed by atoms with E-state index >= 15 is 0 Å². The average Bonchev–Trinajstić information content (AvgIpc) is 2.51. The van der Waals surface area contributed by atoms with Crippen molar-refractivity contribution < 1.29 is 9.18 Å². The molecule has 112 valence electrons. The molecule has 5 nitrogen and oxygen atoms in total. The molecule has 1 aromatic rings. The van der Waals surface area contributed by atoms with Crippen molar-refractivity contribution in [2.45, 2.75) is 19.4 Å². The molecule has 0 bridgehead atoms. The van der Waals surface area contributed by atoms with Crippen LogP contribution in [0.3, 0.4) is 0 Å². The van der Waals surface area contributed by atoms with Crippen molar-refractivity contribution in [3.63, 3.8) is 0 Å². The predicted octanol–water partition coefficient (Wildman–Crippen LogP) is 2.28. The molecule has 1 atom stereocenters. The first-order valence-corrected chi connectivity index (χ1v) is 7.09. The van der Waals surface area contributed by atoms with Gasteiger partial charge in [-0.2, -0.15) is 5.26 Å². The van der Waals surface area contributed by atoms with Crippen LogP contribution in [0.15, 0.2) is 24.3 Å². The highest BCUT2D eigenvalue weighted by Gasteiger charge is 2.25. The minimum absolute atomic E-state index is 0.0956. The number of nitrogens with zero attached hydrogens (tertiary/aromatic N) is 3. The van der Waals surface area contributed by atoms with Gasteiger partial charge in [0.05, 0.1) is 17.8 Å². The van der Waals surface area contributed by atoms with Gasteiger partial charge in [-0.15, -0.1) is 0 Å². The summed E-state index contributed by atoms with van der Waals surface area (Å²) in [6.07, 6.45) is 0.776. The van der Waals surface area contributed by atoms with Gasteiger partial charge in [-0.05, 0) is 18.6 Å². The largest absolute Gasteiger partial charge is 0.322 e. The van der Waals surface area contributed by atoms with Gasteiger partial charge in [0, 0.05) is 26.2 Å². The van der Waals surface area contributed by atoms with Gasteiger partial charge in [-0.3, -0.25) is 4.90 Å². The van der Waals surface area contributed by atoms with Crippen molar-refractivity contribution in [1.82, 2.24) is 9.80 Å². The van der Waals surface area contributed by atoms with Crippen LogP contribution in [0.25, 0.3) is 0 Å². The summed E-state index contributed by atoms with van der Waals surface area (Å²) >= 11 is 0. The molecule has 0 saturated carbocycles. The first-order valence-electron chi connectivity index (χ1n) is 7.09. The van der Waals surface area contributed by atoms with Crippen molar-refractivity contribution in [1.29, 1.82) is 5.26 Å². The van der Waals surface area contributed by atoms with Crippen molar-refractivity contribution >= 4 is 11.7 Å². The van der Waals surface area contributed by atoms with Crippen molar-refractivity contribution in [3.8, 4) is 6.07 Å². The van der Waals surface area contributed by atoms with E-state index in [0.29, 0.717) is 26.2 Å². The number of urea groups is 1. The number of amides is 2. The number of halogens is 1. The third-order valence-electron chi connectivity index (χ3n) is 3.69. The number of hydrogen-bond acceptors (Lipinski definition) is 3. The average molecular weight is 290 g/mol. The monoisotopic (exact) mass is 290 g/mol. The summed E-state index contributed by atoms with van der Waals surface area (Å²) in [5, 5.41) is 11.6. The van der Waals surface area contributed by atoms with Crippen molar-refractivity contribution in [2.75, 3.05) is 31.5 Å². The normalized spacial score (nSPS) is 17.1. The Bertz CT molecular complexity index is 535. The summed E-state index contributed by atoms with van der Waals surface area (Å²) in [6.45, 7) is 4.38. The molecule has 6 heteroatoms. The molecule has 0 spiro atoms. The highest BCUT2D eigenvalue weighted by molar-refractivity contribution is 5.89. The van der Waals surface area contributed by atoms with Gasteiger partial charge in [0.2, 0.25) is 0 Å². The Labute approximate surface area is 123 Å². The molecule has 2 amide bonds. The van der Waals surface area contributed by atoms with Crippen LogP contribution in [0.4, 0.5) is 14.9 Å². The topological polar surface area (TPSA) is 59.4 Å². The standard InChI is InChI=1S/C15H19FN4O/c1-2-12(11-17)19-7-9-20(10-8-19)15(21)18-14-6-4-3-5-13(14)16/h3-6,12H,2,7-10H2,1H3,(H,18,21). The summed E-state index contributed by atoms with van der Waals surface area (Å²) in [6, 6.07) is 7.98. The van der Waals surface area contributed by atoms with Crippen LogP contribution in [0.1, 0.15) is 13.3 Å². The lowest BCUT2D eigenvalue weighted by Gasteiger charge is -2.36. The van der Waals surface area contributed by atoms with E-state index < -0.39 is 5.82 Å². The number of para-hydroxylation sites is 1. The number of carbonyl (C=O) groups is 1. The molecule has 1 unspecified atom stereocenters. The van der Waals surface area contributed by atoms with Gasteiger partial charge in [0.1, 0.15) is 5.82 Å². The number of benzene rings is 1. The maximum atomic E-state index is 13.5. The van der Waals surface area contributed by atoms with Crippen LogP contribution in [0, 0.1) is 17.1 Å². The summed E-state index contributed by atoms with van der Waals surface area (Å²) in [5.74, 6) is -0.444. The van der Waals surface area contributed by atoms with Crippen LogP contribution < -0.4 is 5.32 Å². The molecule has 1 saturated heterocycles. The van der Waals surface area contributed by atoms with E-state index in [4.69, 9.17) is 5.26 Å². The van der Waals surface area contributed by atoms with E-state index in [2.05, 4.69) is 16.3 Å². The fourth-order valence-electron chi connectivity index (χ4n) is 2.42. The Morgan fingerprint density at radius 1 is 1.38 bits per heavy atom. The molecule has 0 aliphatic carbocycles. The van der Waals surface area contributed by atoms with Gasteiger partial charge < -0.3 is 10.2 Å². The predicted molar refractivity (Wildman–Crippen MR) is 78.3 cm³/mol. The van der Waals surface area contributed by atoms with Crippen LogP contribution in [0.2, 0.25) is 0 Å². The van der Waals surface area contributed by atoms with Crippen molar-refractivity contribution in [3.05, 3.63) is 30.1 Å². The summed E-state index contributed by atoms with van der Waals surface area (Å²) in [7, 11) is 0. The van der Waals surface area contributed by atoms with E-state index in [1.807, 2.05) is 6.92 Å². The molecule has 1 fully saturated rings. The van der Waals surface area contributed by atoms with Crippen LogP contribution in [0.5, 0.6) is 0 Å². The Balaban J connectivity index is 1.89. The second-order valence-electron chi connectivity index (χ2n) is 4.99.